The molecule has 11 nitrogen and oxygen atoms in total. The zero-order chi connectivity index (χ0) is 29.7. The van der Waals surface area contributed by atoms with Crippen molar-refractivity contribution < 1.29 is 23.5 Å². The minimum atomic E-state index is -1.08. The van der Waals surface area contributed by atoms with E-state index in [-0.39, 0.29) is 13.1 Å². The van der Waals surface area contributed by atoms with Crippen LogP contribution >= 0.6 is 11.6 Å². The number of aromatic nitrogens is 4. The van der Waals surface area contributed by atoms with Gasteiger partial charge >= 0.3 is 0 Å². The van der Waals surface area contributed by atoms with Gasteiger partial charge in [0.25, 0.3) is 5.91 Å². The van der Waals surface area contributed by atoms with Gasteiger partial charge in [-0.15, -0.1) is 10.2 Å². The Bertz CT molecular complexity index is 1530. The lowest BCUT2D eigenvalue weighted by molar-refractivity contribution is -0.143. The molecular formula is C29H33ClN6O5. The Kier molecular flexibility index (Phi) is 8.97. The fourth-order valence-corrected chi connectivity index (χ4v) is 4.40. The Morgan fingerprint density at radius 2 is 1.80 bits per heavy atom. The molecule has 1 unspecified atom stereocenters. The van der Waals surface area contributed by atoms with Crippen LogP contribution in [0.25, 0.3) is 11.4 Å². The van der Waals surface area contributed by atoms with Crippen LogP contribution in [-0.4, -0.2) is 56.7 Å². The lowest BCUT2D eigenvalue weighted by Gasteiger charge is -2.32. The summed E-state index contributed by atoms with van der Waals surface area (Å²) in [5.41, 5.74) is 0.734. The van der Waals surface area contributed by atoms with Gasteiger partial charge in [0, 0.05) is 22.7 Å². The minimum Gasteiger partial charge on any atom is -0.493 e. The number of carbonyl (C=O) groups excluding carboxylic acids is 2. The van der Waals surface area contributed by atoms with Gasteiger partial charge in [0.05, 0.1) is 14.2 Å². The molecule has 0 saturated carbocycles. The van der Waals surface area contributed by atoms with E-state index < -0.39 is 23.4 Å². The van der Waals surface area contributed by atoms with Crippen molar-refractivity contribution >= 4 is 23.4 Å². The summed E-state index contributed by atoms with van der Waals surface area (Å²) in [4.78, 5) is 30.2. The van der Waals surface area contributed by atoms with Crippen LogP contribution in [0.3, 0.4) is 0 Å². The molecule has 41 heavy (non-hydrogen) atoms. The first-order chi connectivity index (χ1) is 19.5. The van der Waals surface area contributed by atoms with Gasteiger partial charge in [0.1, 0.15) is 18.1 Å². The number of hydrogen-bond acceptors (Lipinski definition) is 8. The Hall–Kier alpha value is -4.38. The van der Waals surface area contributed by atoms with E-state index in [0.717, 1.165) is 0 Å². The number of rotatable bonds is 10. The number of halogens is 1. The fourth-order valence-electron chi connectivity index (χ4n) is 4.21. The molecule has 0 bridgehead atoms. The number of hydrogen-bond donors (Lipinski definition) is 1. The van der Waals surface area contributed by atoms with Crippen LogP contribution in [0, 0.1) is 6.92 Å². The van der Waals surface area contributed by atoms with Gasteiger partial charge in [0.2, 0.25) is 11.7 Å². The first kappa shape index (κ1) is 29.6. The molecule has 2 amide bonds. The van der Waals surface area contributed by atoms with Crippen molar-refractivity contribution in [2.75, 3.05) is 14.2 Å². The maximum absolute atomic E-state index is 13.9. The van der Waals surface area contributed by atoms with Gasteiger partial charge in [-0.2, -0.15) is 4.80 Å². The number of amides is 2. The second-order valence-electron chi connectivity index (χ2n) is 10.4. The summed E-state index contributed by atoms with van der Waals surface area (Å²) in [6.07, 6.45) is 0. The number of benzene rings is 2. The van der Waals surface area contributed by atoms with Crippen molar-refractivity contribution in [3.63, 3.8) is 0 Å². The lowest BCUT2D eigenvalue weighted by atomic mass is 10.1. The molecule has 0 radical (unpaired) electrons. The van der Waals surface area contributed by atoms with Crippen LogP contribution < -0.4 is 14.8 Å². The number of aryl methyl sites for hydroxylation is 1. The summed E-state index contributed by atoms with van der Waals surface area (Å²) in [6.45, 7) is 7.12. The van der Waals surface area contributed by atoms with E-state index >= 15 is 0 Å². The smallest absolute Gasteiger partial charge is 0.251 e. The second-order valence-corrected chi connectivity index (χ2v) is 10.8. The standard InChI is InChI=1S/C29H33ClN6O5/c1-18-11-13-23(41-18)26(28(38)31-29(2,3)4)35(16-20-9-7-8-10-21(20)30)25(37)17-36-33-27(32-34-36)19-12-14-22(39-5)24(15-19)40-6/h7-15,26H,16-17H2,1-6H3,(H,31,38). The zero-order valence-corrected chi connectivity index (χ0v) is 24.6. The van der Waals surface area contributed by atoms with Crippen molar-refractivity contribution in [1.82, 2.24) is 30.4 Å². The molecule has 0 spiro atoms. The van der Waals surface area contributed by atoms with Gasteiger partial charge < -0.3 is 24.1 Å². The van der Waals surface area contributed by atoms with Crippen LogP contribution in [-0.2, 0) is 22.7 Å². The Labute approximate surface area is 243 Å². The normalized spacial score (nSPS) is 12.1. The summed E-state index contributed by atoms with van der Waals surface area (Å²) in [5.74, 6) is 1.44. The van der Waals surface area contributed by atoms with Crippen LogP contribution in [0.2, 0.25) is 5.02 Å². The number of tetrazole rings is 1. The molecule has 1 atom stereocenters. The molecular weight excluding hydrogens is 548 g/mol. The largest absolute Gasteiger partial charge is 0.493 e. The van der Waals surface area contributed by atoms with E-state index in [2.05, 4.69) is 20.7 Å². The number of nitrogens with zero attached hydrogens (tertiary/aromatic N) is 5. The third-order valence-electron chi connectivity index (χ3n) is 6.08. The van der Waals surface area contributed by atoms with E-state index in [1.54, 1.807) is 62.6 Å². The molecule has 1 N–H and O–H groups in total. The van der Waals surface area contributed by atoms with E-state index in [1.807, 2.05) is 26.8 Å². The number of methoxy groups -OCH3 is 2. The average Bonchev–Trinajstić information content (AvgIpc) is 3.57. The second kappa shape index (κ2) is 12.4. The van der Waals surface area contributed by atoms with E-state index in [0.29, 0.717) is 45.0 Å². The molecule has 0 aliphatic heterocycles. The highest BCUT2D eigenvalue weighted by atomic mass is 35.5. The van der Waals surface area contributed by atoms with Crippen LogP contribution in [0.4, 0.5) is 0 Å². The summed E-state index contributed by atoms with van der Waals surface area (Å²) >= 11 is 6.47. The Morgan fingerprint density at radius 3 is 2.44 bits per heavy atom. The number of carbonyl (C=O) groups is 2. The van der Waals surface area contributed by atoms with Crippen molar-refractivity contribution in [2.45, 2.75) is 52.4 Å². The molecule has 0 aliphatic rings. The van der Waals surface area contributed by atoms with Gasteiger partial charge in [-0.05, 0) is 74.9 Å². The van der Waals surface area contributed by atoms with Crippen molar-refractivity contribution in [3.8, 4) is 22.9 Å². The van der Waals surface area contributed by atoms with Gasteiger partial charge in [0.15, 0.2) is 17.5 Å². The molecule has 0 fully saturated rings. The predicted molar refractivity (Wildman–Crippen MR) is 152 cm³/mol. The first-order valence-corrected chi connectivity index (χ1v) is 13.3. The molecule has 2 aromatic heterocycles. The van der Waals surface area contributed by atoms with Crippen molar-refractivity contribution in [1.29, 1.82) is 0 Å². The third kappa shape index (κ3) is 7.23. The maximum Gasteiger partial charge on any atom is 0.251 e. The highest BCUT2D eigenvalue weighted by Crippen LogP contribution is 2.31. The van der Waals surface area contributed by atoms with Crippen molar-refractivity contribution in [3.05, 3.63) is 76.7 Å². The van der Waals surface area contributed by atoms with Gasteiger partial charge in [-0.1, -0.05) is 29.8 Å². The zero-order valence-electron chi connectivity index (χ0n) is 23.8. The number of furan rings is 1. The molecule has 2 aromatic carbocycles. The molecule has 4 aromatic rings. The molecule has 0 saturated heterocycles. The topological polar surface area (TPSA) is 125 Å². The average molecular weight is 581 g/mol. The summed E-state index contributed by atoms with van der Waals surface area (Å²) in [7, 11) is 3.08. The first-order valence-electron chi connectivity index (χ1n) is 12.9. The molecule has 2 heterocycles. The molecule has 0 aliphatic carbocycles. The molecule has 4 rings (SSSR count). The summed E-state index contributed by atoms with van der Waals surface area (Å²) in [6, 6.07) is 14.7. The maximum atomic E-state index is 13.9. The molecule has 12 heteroatoms. The third-order valence-corrected chi connectivity index (χ3v) is 6.45. The molecule has 216 valence electrons. The quantitative estimate of drug-likeness (QED) is 0.289. The van der Waals surface area contributed by atoms with E-state index in [1.165, 1.54) is 16.8 Å². The number of ether oxygens (including phenoxy) is 2. The highest BCUT2D eigenvalue weighted by Gasteiger charge is 2.36. The van der Waals surface area contributed by atoms with Gasteiger partial charge in [-0.25, -0.2) is 0 Å². The summed E-state index contributed by atoms with van der Waals surface area (Å²) in [5, 5.41) is 16.0. The van der Waals surface area contributed by atoms with Crippen molar-refractivity contribution in [2.24, 2.45) is 0 Å². The lowest BCUT2D eigenvalue weighted by Crippen LogP contribution is -2.49. The Morgan fingerprint density at radius 1 is 1.07 bits per heavy atom. The predicted octanol–water partition coefficient (Wildman–Crippen LogP) is 4.60. The number of nitrogens with one attached hydrogen (secondary N) is 1. The fraction of sp³-hybridized carbons (Fsp3) is 0.345. The van der Waals surface area contributed by atoms with E-state index in [4.69, 9.17) is 25.5 Å². The van der Waals surface area contributed by atoms with Crippen LogP contribution in [0.1, 0.15) is 43.9 Å². The minimum absolute atomic E-state index is 0.0394. The van der Waals surface area contributed by atoms with E-state index in [9.17, 15) is 9.59 Å². The highest BCUT2D eigenvalue weighted by molar-refractivity contribution is 6.31. The van der Waals surface area contributed by atoms with Crippen LogP contribution in [0.5, 0.6) is 11.5 Å². The summed E-state index contributed by atoms with van der Waals surface area (Å²) < 4.78 is 16.5. The van der Waals surface area contributed by atoms with Crippen LogP contribution in [0.15, 0.2) is 59.0 Å². The monoisotopic (exact) mass is 580 g/mol. The SMILES string of the molecule is COc1ccc(-c2nnn(CC(=O)N(Cc3ccccc3Cl)C(C(=O)NC(C)(C)C)c3ccc(C)o3)n2)cc1OC. The Balaban J connectivity index is 1.69. The van der Waals surface area contributed by atoms with Gasteiger partial charge in [-0.3, -0.25) is 9.59 Å².